The number of aryl methyl sites for hydroxylation is 2. The zero-order valence-corrected chi connectivity index (χ0v) is 15.1. The highest BCUT2D eigenvalue weighted by atomic mass is 32.1. The first kappa shape index (κ1) is 17.1. The standard InChI is InChI=1S/C21H15N3O2S/c22-12-16(21(26)24-18-7-3-4-10-23-18)19(25)17-11-14-9-8-13-5-1-2-6-15(13)20(14)27-17/h1-7,10-11,16H,8-9H2,(H,23,24,26). The van der Waals surface area contributed by atoms with Gasteiger partial charge in [-0.3, -0.25) is 9.59 Å². The number of aromatic nitrogens is 1. The largest absolute Gasteiger partial charge is 0.309 e. The second kappa shape index (κ2) is 7.14. The fourth-order valence-corrected chi connectivity index (χ4v) is 4.45. The topological polar surface area (TPSA) is 82.8 Å². The van der Waals surface area contributed by atoms with Crippen molar-refractivity contribution >= 4 is 28.8 Å². The van der Waals surface area contributed by atoms with Gasteiger partial charge in [-0.05, 0) is 47.7 Å². The molecular weight excluding hydrogens is 358 g/mol. The SMILES string of the molecule is N#CC(C(=O)Nc1ccccn1)C(=O)c1cc2c(s1)-c1ccccc1CC2. The number of thiophene rings is 1. The molecule has 132 valence electrons. The van der Waals surface area contributed by atoms with Crippen LogP contribution in [-0.4, -0.2) is 16.7 Å². The van der Waals surface area contributed by atoms with Crippen LogP contribution in [0.15, 0.2) is 54.7 Å². The van der Waals surface area contributed by atoms with Crippen molar-refractivity contribution in [2.45, 2.75) is 12.8 Å². The summed E-state index contributed by atoms with van der Waals surface area (Å²) in [5.74, 6) is -2.21. The van der Waals surface area contributed by atoms with Gasteiger partial charge < -0.3 is 5.32 Å². The molecule has 0 spiro atoms. The molecule has 0 saturated carbocycles. The number of carbonyl (C=O) groups is 2. The Labute approximate surface area is 160 Å². The second-order valence-electron chi connectivity index (χ2n) is 6.25. The highest BCUT2D eigenvalue weighted by molar-refractivity contribution is 7.17. The van der Waals surface area contributed by atoms with E-state index in [1.807, 2.05) is 30.3 Å². The Bertz CT molecular complexity index is 1070. The van der Waals surface area contributed by atoms with Gasteiger partial charge in [-0.25, -0.2) is 4.98 Å². The van der Waals surface area contributed by atoms with Crippen molar-refractivity contribution in [2.75, 3.05) is 5.32 Å². The molecule has 0 radical (unpaired) electrons. The number of nitrogens with zero attached hydrogens (tertiary/aromatic N) is 2. The predicted molar refractivity (Wildman–Crippen MR) is 103 cm³/mol. The zero-order chi connectivity index (χ0) is 18.8. The minimum absolute atomic E-state index is 0.315. The number of fused-ring (bicyclic) bond motifs is 3. The Balaban J connectivity index is 1.60. The van der Waals surface area contributed by atoms with E-state index in [0.29, 0.717) is 10.7 Å². The van der Waals surface area contributed by atoms with Gasteiger partial charge in [-0.2, -0.15) is 5.26 Å². The molecule has 1 aromatic carbocycles. The lowest BCUT2D eigenvalue weighted by Gasteiger charge is -2.15. The van der Waals surface area contributed by atoms with Crippen molar-refractivity contribution in [1.29, 1.82) is 5.26 Å². The molecule has 0 saturated heterocycles. The van der Waals surface area contributed by atoms with Gasteiger partial charge in [0.2, 0.25) is 0 Å². The summed E-state index contributed by atoms with van der Waals surface area (Å²) in [6, 6.07) is 16.8. The van der Waals surface area contributed by atoms with E-state index in [4.69, 9.17) is 0 Å². The van der Waals surface area contributed by atoms with Gasteiger partial charge in [0, 0.05) is 11.1 Å². The normalized spacial score (nSPS) is 13.0. The minimum atomic E-state index is -1.40. The van der Waals surface area contributed by atoms with Gasteiger partial charge in [0.15, 0.2) is 11.7 Å². The Hall–Kier alpha value is -3.30. The fraction of sp³-hybridized carbons (Fsp3) is 0.143. The van der Waals surface area contributed by atoms with Gasteiger partial charge in [-0.15, -0.1) is 11.3 Å². The summed E-state index contributed by atoms with van der Waals surface area (Å²) >= 11 is 1.36. The summed E-state index contributed by atoms with van der Waals surface area (Å²) in [7, 11) is 0. The Morgan fingerprint density at radius 3 is 2.67 bits per heavy atom. The van der Waals surface area contributed by atoms with Crippen LogP contribution in [0.3, 0.4) is 0 Å². The molecule has 1 amide bonds. The molecule has 0 aliphatic heterocycles. The van der Waals surface area contributed by atoms with Gasteiger partial charge in [0.25, 0.3) is 5.91 Å². The van der Waals surface area contributed by atoms with E-state index in [2.05, 4.69) is 16.4 Å². The van der Waals surface area contributed by atoms with Crippen LogP contribution in [0.25, 0.3) is 10.4 Å². The van der Waals surface area contributed by atoms with Crippen molar-refractivity contribution < 1.29 is 9.59 Å². The second-order valence-corrected chi connectivity index (χ2v) is 7.30. The molecule has 2 heterocycles. The summed E-state index contributed by atoms with van der Waals surface area (Å²) in [4.78, 5) is 30.8. The summed E-state index contributed by atoms with van der Waals surface area (Å²) in [6.45, 7) is 0. The average Bonchev–Trinajstić information content (AvgIpc) is 3.14. The molecule has 1 atom stereocenters. The van der Waals surface area contributed by atoms with Crippen LogP contribution in [0.4, 0.5) is 5.82 Å². The lowest BCUT2D eigenvalue weighted by Crippen LogP contribution is -2.28. The van der Waals surface area contributed by atoms with Crippen LogP contribution in [0, 0.1) is 17.2 Å². The number of carbonyl (C=O) groups excluding carboxylic acids is 2. The summed E-state index contributed by atoms with van der Waals surface area (Å²) in [6.07, 6.45) is 3.31. The maximum absolute atomic E-state index is 12.8. The molecule has 1 aliphatic rings. The minimum Gasteiger partial charge on any atom is -0.309 e. The number of nitriles is 1. The van der Waals surface area contributed by atoms with Crippen LogP contribution in [0.5, 0.6) is 0 Å². The predicted octanol–water partition coefficient (Wildman–Crippen LogP) is 3.87. The van der Waals surface area contributed by atoms with E-state index in [1.165, 1.54) is 23.1 Å². The number of Topliss-reactive ketones (excluding diaryl/α,β-unsaturated/α-hetero) is 1. The van der Waals surface area contributed by atoms with Crippen LogP contribution in [-0.2, 0) is 17.6 Å². The maximum Gasteiger partial charge on any atom is 0.250 e. The van der Waals surface area contributed by atoms with Crippen LogP contribution >= 0.6 is 11.3 Å². The number of rotatable bonds is 4. The number of benzene rings is 1. The molecule has 1 aliphatic carbocycles. The lowest BCUT2D eigenvalue weighted by atomic mass is 9.91. The third-order valence-electron chi connectivity index (χ3n) is 4.55. The van der Waals surface area contributed by atoms with E-state index in [0.717, 1.165) is 28.8 Å². The van der Waals surface area contributed by atoms with E-state index in [1.54, 1.807) is 18.2 Å². The number of anilines is 1. The molecular formula is C21H15N3O2S. The first-order valence-corrected chi connectivity index (χ1v) is 9.35. The molecule has 5 nitrogen and oxygen atoms in total. The number of pyridine rings is 1. The van der Waals surface area contributed by atoms with E-state index >= 15 is 0 Å². The molecule has 0 fully saturated rings. The fourth-order valence-electron chi connectivity index (χ4n) is 3.21. The Morgan fingerprint density at radius 1 is 1.11 bits per heavy atom. The van der Waals surface area contributed by atoms with Crippen LogP contribution in [0.2, 0.25) is 0 Å². The number of nitrogens with one attached hydrogen (secondary N) is 1. The molecule has 4 rings (SSSR count). The molecule has 6 heteroatoms. The van der Waals surface area contributed by atoms with Crippen molar-refractivity contribution in [2.24, 2.45) is 5.92 Å². The summed E-state index contributed by atoms with van der Waals surface area (Å²) in [5.41, 5.74) is 3.49. The maximum atomic E-state index is 12.8. The third-order valence-corrected chi connectivity index (χ3v) is 5.77. The molecule has 0 bridgehead atoms. The number of amides is 1. The van der Waals surface area contributed by atoms with Crippen molar-refractivity contribution in [3.05, 3.63) is 70.7 Å². The summed E-state index contributed by atoms with van der Waals surface area (Å²) in [5, 5.41) is 12.0. The third kappa shape index (κ3) is 3.25. The van der Waals surface area contributed by atoms with Crippen LogP contribution < -0.4 is 5.32 Å². The average molecular weight is 373 g/mol. The van der Waals surface area contributed by atoms with Gasteiger partial charge in [0.1, 0.15) is 5.82 Å². The quantitative estimate of drug-likeness (QED) is 0.556. The zero-order valence-electron chi connectivity index (χ0n) is 14.3. The van der Waals surface area contributed by atoms with Gasteiger partial charge in [0.05, 0.1) is 10.9 Å². The van der Waals surface area contributed by atoms with E-state index in [-0.39, 0.29) is 0 Å². The Kier molecular flexibility index (Phi) is 4.53. The smallest absolute Gasteiger partial charge is 0.250 e. The first-order chi connectivity index (χ1) is 13.2. The molecule has 1 N–H and O–H groups in total. The van der Waals surface area contributed by atoms with E-state index in [9.17, 15) is 14.9 Å². The van der Waals surface area contributed by atoms with Gasteiger partial charge in [-0.1, -0.05) is 30.3 Å². The van der Waals surface area contributed by atoms with E-state index < -0.39 is 17.6 Å². The highest BCUT2D eigenvalue weighted by Gasteiger charge is 2.31. The molecule has 3 aromatic rings. The van der Waals surface area contributed by atoms with Crippen molar-refractivity contribution in [3.8, 4) is 16.5 Å². The number of ketones is 1. The van der Waals surface area contributed by atoms with Crippen molar-refractivity contribution in [3.63, 3.8) is 0 Å². The monoisotopic (exact) mass is 373 g/mol. The lowest BCUT2D eigenvalue weighted by molar-refractivity contribution is -0.117. The van der Waals surface area contributed by atoms with Crippen LogP contribution in [0.1, 0.15) is 20.8 Å². The van der Waals surface area contributed by atoms with Crippen molar-refractivity contribution in [1.82, 2.24) is 4.98 Å². The molecule has 27 heavy (non-hydrogen) atoms. The number of hydrogen-bond donors (Lipinski definition) is 1. The number of hydrogen-bond acceptors (Lipinski definition) is 5. The van der Waals surface area contributed by atoms with Gasteiger partial charge >= 0.3 is 0 Å². The Morgan fingerprint density at radius 2 is 1.89 bits per heavy atom. The first-order valence-electron chi connectivity index (χ1n) is 8.54. The molecule has 1 unspecified atom stereocenters. The summed E-state index contributed by atoms with van der Waals surface area (Å²) < 4.78 is 0. The molecule has 2 aromatic heterocycles. The highest BCUT2D eigenvalue weighted by Crippen LogP contribution is 2.40.